The molecule has 0 bridgehead atoms. The van der Waals surface area contributed by atoms with Crippen LogP contribution >= 0.6 is 0 Å². The van der Waals surface area contributed by atoms with Crippen molar-refractivity contribution in [3.63, 3.8) is 0 Å². The predicted octanol–water partition coefficient (Wildman–Crippen LogP) is 5.46. The van der Waals surface area contributed by atoms with Crippen LogP contribution in [0.1, 0.15) is 23.6 Å². The molecule has 1 aliphatic rings. The van der Waals surface area contributed by atoms with E-state index in [0.717, 1.165) is 16.7 Å². The van der Waals surface area contributed by atoms with Crippen molar-refractivity contribution in [3.8, 4) is 0 Å². The first-order valence-corrected chi connectivity index (χ1v) is 11.0. The van der Waals surface area contributed by atoms with Gasteiger partial charge in [0.1, 0.15) is 18.3 Å². The number of hydrogen-bond acceptors (Lipinski definition) is 4. The second-order valence-corrected chi connectivity index (χ2v) is 7.98. The average Bonchev–Trinajstić information content (AvgIpc) is 2.83. The molecule has 5 atom stereocenters. The SMILES string of the molecule is CC1O[C@@H](F)C(OCc2ccccc2)[C@@H](OCc2ccccc2)[C@@H]1OCc1ccccc1. The van der Waals surface area contributed by atoms with Crippen molar-refractivity contribution >= 4 is 0 Å². The summed E-state index contributed by atoms with van der Waals surface area (Å²) < 4.78 is 39.1. The average molecular weight is 437 g/mol. The van der Waals surface area contributed by atoms with Gasteiger partial charge in [-0.25, -0.2) is 4.39 Å². The molecule has 5 heteroatoms. The quantitative estimate of drug-likeness (QED) is 0.447. The maximum atomic E-state index is 15.0. The van der Waals surface area contributed by atoms with Gasteiger partial charge in [0, 0.05) is 0 Å². The smallest absolute Gasteiger partial charge is 0.228 e. The minimum absolute atomic E-state index is 0.264. The van der Waals surface area contributed by atoms with Crippen LogP contribution in [0.15, 0.2) is 91.0 Å². The van der Waals surface area contributed by atoms with Gasteiger partial charge in [0.05, 0.1) is 25.9 Å². The molecule has 3 aromatic carbocycles. The van der Waals surface area contributed by atoms with Crippen LogP contribution in [0.2, 0.25) is 0 Å². The Morgan fingerprint density at radius 1 is 0.594 bits per heavy atom. The Morgan fingerprint density at radius 2 is 0.969 bits per heavy atom. The summed E-state index contributed by atoms with van der Waals surface area (Å²) in [6.07, 6.45) is -4.10. The Bertz CT molecular complexity index is 867. The van der Waals surface area contributed by atoms with Crippen LogP contribution in [0.3, 0.4) is 0 Å². The van der Waals surface area contributed by atoms with Gasteiger partial charge in [0.15, 0.2) is 0 Å². The molecule has 4 rings (SSSR count). The van der Waals surface area contributed by atoms with Crippen molar-refractivity contribution < 1.29 is 23.3 Å². The lowest BCUT2D eigenvalue weighted by atomic mass is 9.99. The number of rotatable bonds is 9. The van der Waals surface area contributed by atoms with Gasteiger partial charge in [-0.05, 0) is 23.6 Å². The summed E-state index contributed by atoms with van der Waals surface area (Å²) in [5, 5.41) is 0. The molecular weight excluding hydrogens is 407 g/mol. The van der Waals surface area contributed by atoms with E-state index >= 15 is 4.39 Å². The van der Waals surface area contributed by atoms with Gasteiger partial charge in [0.2, 0.25) is 6.36 Å². The van der Waals surface area contributed by atoms with E-state index in [-0.39, 0.29) is 6.61 Å². The van der Waals surface area contributed by atoms with Crippen LogP contribution in [0.5, 0.6) is 0 Å². The van der Waals surface area contributed by atoms with Crippen LogP contribution in [0, 0.1) is 0 Å². The van der Waals surface area contributed by atoms with E-state index in [1.165, 1.54) is 0 Å². The highest BCUT2D eigenvalue weighted by Crippen LogP contribution is 2.30. The van der Waals surface area contributed by atoms with E-state index in [0.29, 0.717) is 13.2 Å². The third-order valence-corrected chi connectivity index (χ3v) is 5.57. The molecule has 0 amide bonds. The molecule has 0 aromatic heterocycles. The highest BCUT2D eigenvalue weighted by molar-refractivity contribution is 5.15. The molecule has 0 N–H and O–H groups in total. The first-order chi connectivity index (χ1) is 15.7. The summed E-state index contributed by atoms with van der Waals surface area (Å²) in [5.74, 6) is 0. The number of ether oxygens (including phenoxy) is 4. The molecule has 32 heavy (non-hydrogen) atoms. The Morgan fingerprint density at radius 3 is 1.41 bits per heavy atom. The molecule has 0 spiro atoms. The lowest BCUT2D eigenvalue weighted by Gasteiger charge is -2.42. The largest absolute Gasteiger partial charge is 0.368 e. The van der Waals surface area contributed by atoms with Crippen LogP contribution in [0.25, 0.3) is 0 Å². The maximum absolute atomic E-state index is 15.0. The molecule has 1 heterocycles. The molecular formula is C27H29FO4. The summed E-state index contributed by atoms with van der Waals surface area (Å²) in [6, 6.07) is 29.4. The summed E-state index contributed by atoms with van der Waals surface area (Å²) >= 11 is 0. The van der Waals surface area contributed by atoms with Crippen LogP contribution in [-0.4, -0.2) is 30.8 Å². The van der Waals surface area contributed by atoms with Crippen molar-refractivity contribution in [1.29, 1.82) is 0 Å². The molecule has 2 unspecified atom stereocenters. The Hall–Kier alpha value is -2.57. The second kappa shape index (κ2) is 11.3. The minimum Gasteiger partial charge on any atom is -0.368 e. The fourth-order valence-electron chi connectivity index (χ4n) is 3.85. The zero-order valence-corrected chi connectivity index (χ0v) is 18.2. The summed E-state index contributed by atoms with van der Waals surface area (Å²) in [7, 11) is 0. The van der Waals surface area contributed by atoms with Gasteiger partial charge in [-0.1, -0.05) is 91.0 Å². The number of halogens is 1. The highest BCUT2D eigenvalue weighted by Gasteiger charge is 2.47. The van der Waals surface area contributed by atoms with Gasteiger partial charge in [0.25, 0.3) is 0 Å². The lowest BCUT2D eigenvalue weighted by molar-refractivity contribution is -0.288. The van der Waals surface area contributed by atoms with Crippen LogP contribution in [-0.2, 0) is 38.8 Å². The number of benzene rings is 3. The highest BCUT2D eigenvalue weighted by atomic mass is 19.1. The zero-order valence-electron chi connectivity index (χ0n) is 18.2. The lowest BCUT2D eigenvalue weighted by Crippen LogP contribution is -2.58. The van der Waals surface area contributed by atoms with E-state index in [4.69, 9.17) is 18.9 Å². The molecule has 168 valence electrons. The Balaban J connectivity index is 1.50. The van der Waals surface area contributed by atoms with Crippen molar-refractivity contribution in [3.05, 3.63) is 108 Å². The summed E-state index contributed by atoms with van der Waals surface area (Å²) in [5.41, 5.74) is 3.00. The molecule has 1 saturated heterocycles. The third kappa shape index (κ3) is 6.02. The van der Waals surface area contributed by atoms with Crippen LogP contribution < -0.4 is 0 Å². The molecule has 1 aliphatic heterocycles. The fraction of sp³-hybridized carbons (Fsp3) is 0.333. The second-order valence-electron chi connectivity index (χ2n) is 7.98. The standard InChI is InChI=1S/C27H29FO4/c1-20-24(29-17-21-11-5-2-6-12-21)25(30-18-22-13-7-3-8-14-22)26(27(28)32-20)31-19-23-15-9-4-10-16-23/h2-16,20,24-27H,17-19H2,1H3/t20?,24-,25+,26?,27-/m1/s1. The fourth-order valence-corrected chi connectivity index (χ4v) is 3.85. The van der Waals surface area contributed by atoms with Crippen molar-refractivity contribution in [2.24, 2.45) is 0 Å². The van der Waals surface area contributed by atoms with Gasteiger partial charge in [-0.15, -0.1) is 0 Å². The maximum Gasteiger partial charge on any atom is 0.228 e. The summed E-state index contributed by atoms with van der Waals surface area (Å²) in [4.78, 5) is 0. The van der Waals surface area contributed by atoms with Crippen molar-refractivity contribution in [1.82, 2.24) is 0 Å². The van der Waals surface area contributed by atoms with Gasteiger partial charge >= 0.3 is 0 Å². The Labute approximate surface area is 188 Å². The van der Waals surface area contributed by atoms with Crippen LogP contribution in [0.4, 0.5) is 4.39 Å². The van der Waals surface area contributed by atoms with E-state index in [9.17, 15) is 0 Å². The molecule has 1 fully saturated rings. The first-order valence-electron chi connectivity index (χ1n) is 11.0. The van der Waals surface area contributed by atoms with Gasteiger partial charge in [-0.2, -0.15) is 0 Å². The molecule has 3 aromatic rings. The minimum atomic E-state index is -1.61. The molecule has 0 aliphatic carbocycles. The monoisotopic (exact) mass is 436 g/mol. The van der Waals surface area contributed by atoms with E-state index in [1.807, 2.05) is 97.9 Å². The van der Waals surface area contributed by atoms with E-state index < -0.39 is 30.8 Å². The zero-order chi connectivity index (χ0) is 22.2. The summed E-state index contributed by atoms with van der Waals surface area (Å²) in [6.45, 7) is 2.79. The van der Waals surface area contributed by atoms with Crippen molar-refractivity contribution in [2.45, 2.75) is 57.5 Å². The normalized spacial score (nSPS) is 25.5. The van der Waals surface area contributed by atoms with Gasteiger partial charge < -0.3 is 18.9 Å². The predicted molar refractivity (Wildman–Crippen MR) is 121 cm³/mol. The molecule has 0 radical (unpaired) electrons. The topological polar surface area (TPSA) is 36.9 Å². The molecule has 0 saturated carbocycles. The first kappa shape index (κ1) is 22.6. The Kier molecular flexibility index (Phi) is 8.02. The van der Waals surface area contributed by atoms with E-state index in [2.05, 4.69) is 0 Å². The number of alkyl halides is 1. The van der Waals surface area contributed by atoms with Crippen molar-refractivity contribution in [2.75, 3.05) is 0 Å². The number of hydrogen-bond donors (Lipinski definition) is 0. The van der Waals surface area contributed by atoms with Gasteiger partial charge in [-0.3, -0.25) is 0 Å². The third-order valence-electron chi connectivity index (χ3n) is 5.57. The molecule has 4 nitrogen and oxygen atoms in total. The van der Waals surface area contributed by atoms with E-state index in [1.54, 1.807) is 0 Å².